The molecule has 0 saturated heterocycles. The summed E-state index contributed by atoms with van der Waals surface area (Å²) in [5.41, 5.74) is 6.17. The number of nitrogens with zero attached hydrogens (tertiary/aromatic N) is 2. The van der Waals surface area contributed by atoms with Crippen LogP contribution in [-0.2, 0) is 13.1 Å². The zero-order valence-corrected chi connectivity index (χ0v) is 14.8. The predicted molar refractivity (Wildman–Crippen MR) is 102 cm³/mol. The van der Waals surface area contributed by atoms with Crippen LogP contribution in [-0.4, -0.2) is 4.57 Å². The Bertz CT molecular complexity index is 907. The summed E-state index contributed by atoms with van der Waals surface area (Å²) < 4.78 is 3.44. The van der Waals surface area contributed by atoms with Gasteiger partial charge in [0, 0.05) is 40.7 Å². The van der Waals surface area contributed by atoms with E-state index >= 15 is 0 Å². The lowest BCUT2D eigenvalue weighted by atomic mass is 10.1. The molecule has 0 bridgehead atoms. The highest BCUT2D eigenvalue weighted by molar-refractivity contribution is 9.10. The molecule has 0 fully saturated rings. The summed E-state index contributed by atoms with van der Waals surface area (Å²) >= 11 is 3.56. The van der Waals surface area contributed by atoms with E-state index in [0.717, 1.165) is 29.7 Å². The van der Waals surface area contributed by atoms with E-state index in [9.17, 15) is 0 Å². The maximum atomic E-state index is 4.32. The van der Waals surface area contributed by atoms with Gasteiger partial charge in [0.1, 0.15) is 0 Å². The number of benzene rings is 2. The molecule has 23 heavy (non-hydrogen) atoms. The van der Waals surface area contributed by atoms with E-state index < -0.39 is 0 Å². The van der Waals surface area contributed by atoms with Gasteiger partial charge in [-0.25, -0.2) is 0 Å². The quantitative estimate of drug-likeness (QED) is 0.568. The minimum Gasteiger partial charge on any atom is -0.347 e. The molecule has 0 atom stereocenters. The molecule has 4 rings (SSSR count). The molecule has 0 amide bonds. The fourth-order valence-corrected chi connectivity index (χ4v) is 3.75. The van der Waals surface area contributed by atoms with E-state index in [1.54, 1.807) is 0 Å². The standard InChI is InChI=1S/C20H19BrN2/c1-3-9-22-10-8-15-5-7-18(12-20(15)22)23-13-16-4-6-17(21)11-19(16)14(23)2/h4-8,10-12H,2-3,9,13H2,1H3. The van der Waals surface area contributed by atoms with Gasteiger partial charge in [0.05, 0.1) is 5.52 Å². The molecule has 1 aromatic heterocycles. The average molecular weight is 367 g/mol. The molecule has 0 saturated carbocycles. The van der Waals surface area contributed by atoms with Gasteiger partial charge in [-0.05, 0) is 47.7 Å². The van der Waals surface area contributed by atoms with Crippen LogP contribution < -0.4 is 4.90 Å². The van der Waals surface area contributed by atoms with Crippen molar-refractivity contribution >= 4 is 38.2 Å². The van der Waals surface area contributed by atoms with E-state index in [2.05, 4.69) is 87.6 Å². The molecule has 0 radical (unpaired) electrons. The first kappa shape index (κ1) is 14.6. The van der Waals surface area contributed by atoms with Crippen molar-refractivity contribution in [3.8, 4) is 0 Å². The summed E-state index contributed by atoms with van der Waals surface area (Å²) in [4.78, 5) is 2.31. The Morgan fingerprint density at radius 2 is 2.00 bits per heavy atom. The van der Waals surface area contributed by atoms with Crippen molar-refractivity contribution in [3.05, 3.63) is 70.8 Å². The number of fused-ring (bicyclic) bond motifs is 2. The fourth-order valence-electron chi connectivity index (χ4n) is 3.39. The van der Waals surface area contributed by atoms with E-state index in [0.29, 0.717) is 0 Å². The molecule has 2 heterocycles. The molecule has 3 aromatic rings. The zero-order valence-electron chi connectivity index (χ0n) is 13.2. The molecular weight excluding hydrogens is 348 g/mol. The van der Waals surface area contributed by atoms with Gasteiger partial charge in [0.25, 0.3) is 0 Å². The molecular formula is C20H19BrN2. The Morgan fingerprint density at radius 1 is 1.13 bits per heavy atom. The lowest BCUT2D eigenvalue weighted by Crippen LogP contribution is -2.13. The number of hydrogen-bond donors (Lipinski definition) is 0. The molecule has 3 heteroatoms. The van der Waals surface area contributed by atoms with Crippen LogP contribution in [0.5, 0.6) is 0 Å². The fraction of sp³-hybridized carbons (Fsp3) is 0.200. The van der Waals surface area contributed by atoms with Gasteiger partial charge >= 0.3 is 0 Å². The summed E-state index contributed by atoms with van der Waals surface area (Å²) in [5.74, 6) is 0. The van der Waals surface area contributed by atoms with Crippen LogP contribution in [0.1, 0.15) is 24.5 Å². The molecule has 0 N–H and O–H groups in total. The molecule has 1 aliphatic rings. The molecule has 0 spiro atoms. The van der Waals surface area contributed by atoms with Crippen molar-refractivity contribution in [2.45, 2.75) is 26.4 Å². The highest BCUT2D eigenvalue weighted by Crippen LogP contribution is 2.38. The van der Waals surface area contributed by atoms with E-state index in [1.807, 2.05) is 0 Å². The molecule has 116 valence electrons. The highest BCUT2D eigenvalue weighted by atomic mass is 79.9. The third-order valence-electron chi connectivity index (χ3n) is 4.57. The summed E-state index contributed by atoms with van der Waals surface area (Å²) in [7, 11) is 0. The van der Waals surface area contributed by atoms with Gasteiger partial charge in [-0.1, -0.05) is 41.6 Å². The summed E-state index contributed by atoms with van der Waals surface area (Å²) in [6.45, 7) is 8.48. The van der Waals surface area contributed by atoms with Crippen LogP contribution in [0.15, 0.2) is 59.7 Å². The monoisotopic (exact) mass is 366 g/mol. The highest BCUT2D eigenvalue weighted by Gasteiger charge is 2.23. The number of halogens is 1. The van der Waals surface area contributed by atoms with Crippen LogP contribution in [0, 0.1) is 0 Å². The van der Waals surface area contributed by atoms with Crippen molar-refractivity contribution < 1.29 is 0 Å². The van der Waals surface area contributed by atoms with Gasteiger partial charge in [-0.3, -0.25) is 0 Å². The summed E-state index contributed by atoms with van der Waals surface area (Å²) in [6.07, 6.45) is 3.33. The third-order valence-corrected chi connectivity index (χ3v) is 5.06. The smallest absolute Gasteiger partial charge is 0.0501 e. The average Bonchev–Trinajstić information content (AvgIpc) is 3.09. The predicted octanol–water partition coefficient (Wildman–Crippen LogP) is 5.80. The van der Waals surface area contributed by atoms with Gasteiger partial charge < -0.3 is 9.47 Å². The minimum absolute atomic E-state index is 0.890. The first-order valence-corrected chi connectivity index (χ1v) is 8.81. The second kappa shape index (κ2) is 5.57. The Morgan fingerprint density at radius 3 is 2.83 bits per heavy atom. The van der Waals surface area contributed by atoms with Gasteiger partial charge in [-0.2, -0.15) is 0 Å². The SMILES string of the molecule is C=C1c2cc(Br)ccc2CN1c1ccc2ccn(CCC)c2c1. The number of aromatic nitrogens is 1. The van der Waals surface area contributed by atoms with Crippen molar-refractivity contribution in [2.75, 3.05) is 4.90 Å². The molecule has 0 aliphatic carbocycles. The van der Waals surface area contributed by atoms with E-state index in [1.165, 1.54) is 27.7 Å². The Hall–Kier alpha value is -2.00. The van der Waals surface area contributed by atoms with Crippen molar-refractivity contribution in [1.29, 1.82) is 0 Å². The topological polar surface area (TPSA) is 8.17 Å². The normalized spacial score (nSPS) is 13.8. The van der Waals surface area contributed by atoms with Crippen LogP contribution in [0.3, 0.4) is 0 Å². The van der Waals surface area contributed by atoms with Crippen LogP contribution in [0.2, 0.25) is 0 Å². The lowest BCUT2D eigenvalue weighted by Gasteiger charge is -2.20. The Balaban J connectivity index is 1.75. The van der Waals surface area contributed by atoms with Gasteiger partial charge in [-0.15, -0.1) is 0 Å². The maximum Gasteiger partial charge on any atom is 0.0501 e. The number of rotatable bonds is 3. The Kier molecular flexibility index (Phi) is 3.53. The van der Waals surface area contributed by atoms with Gasteiger partial charge in [0.2, 0.25) is 0 Å². The number of anilines is 1. The summed E-state index contributed by atoms with van der Waals surface area (Å²) in [6, 6.07) is 15.3. The van der Waals surface area contributed by atoms with Crippen molar-refractivity contribution in [3.63, 3.8) is 0 Å². The maximum absolute atomic E-state index is 4.32. The van der Waals surface area contributed by atoms with Crippen LogP contribution in [0.4, 0.5) is 5.69 Å². The first-order chi connectivity index (χ1) is 11.2. The molecule has 0 unspecified atom stereocenters. The minimum atomic E-state index is 0.890. The van der Waals surface area contributed by atoms with Crippen LogP contribution >= 0.6 is 15.9 Å². The summed E-state index contributed by atoms with van der Waals surface area (Å²) in [5, 5.41) is 1.30. The second-order valence-electron chi connectivity index (χ2n) is 6.09. The number of hydrogen-bond acceptors (Lipinski definition) is 1. The van der Waals surface area contributed by atoms with Crippen molar-refractivity contribution in [2.24, 2.45) is 0 Å². The lowest BCUT2D eigenvalue weighted by molar-refractivity contribution is 0.703. The van der Waals surface area contributed by atoms with Crippen LogP contribution in [0.25, 0.3) is 16.6 Å². The third kappa shape index (κ3) is 2.40. The first-order valence-electron chi connectivity index (χ1n) is 8.01. The second-order valence-corrected chi connectivity index (χ2v) is 7.00. The molecule has 1 aliphatic heterocycles. The van der Waals surface area contributed by atoms with E-state index in [4.69, 9.17) is 0 Å². The largest absolute Gasteiger partial charge is 0.347 e. The van der Waals surface area contributed by atoms with Gasteiger partial charge in [0.15, 0.2) is 0 Å². The molecule has 2 nitrogen and oxygen atoms in total. The van der Waals surface area contributed by atoms with E-state index in [-0.39, 0.29) is 0 Å². The Labute approximate surface area is 145 Å². The zero-order chi connectivity index (χ0) is 16.0. The molecule has 2 aromatic carbocycles. The van der Waals surface area contributed by atoms with Crippen molar-refractivity contribution in [1.82, 2.24) is 4.57 Å². The number of aryl methyl sites for hydroxylation is 1.